The Morgan fingerprint density at radius 3 is 2.68 bits per heavy atom. The number of carbonyl (C=O) groups excluding carboxylic acids is 3. The topological polar surface area (TPSA) is 146 Å². The second-order valence-corrected chi connectivity index (χ2v) is 8.19. The lowest BCUT2D eigenvalue weighted by Crippen LogP contribution is -2.45. The molecule has 0 aromatic heterocycles. The number of hydrogen-bond donors (Lipinski definition) is 3. The van der Waals surface area contributed by atoms with Crippen molar-refractivity contribution in [3.8, 4) is 23.0 Å². The summed E-state index contributed by atoms with van der Waals surface area (Å²) in [6.45, 7) is 1.35. The van der Waals surface area contributed by atoms with Gasteiger partial charge in [-0.2, -0.15) is 5.10 Å². The van der Waals surface area contributed by atoms with E-state index in [9.17, 15) is 14.4 Å². The lowest BCUT2D eigenvalue weighted by atomic mass is 9.95. The number of ether oxygens (including phenoxy) is 5. The Kier molecular flexibility index (Phi) is 7.68. The lowest BCUT2D eigenvalue weighted by Gasteiger charge is -2.28. The molecule has 12 nitrogen and oxygen atoms in total. The monoisotopic (exact) mass is 530 g/mol. The van der Waals surface area contributed by atoms with Crippen molar-refractivity contribution in [2.75, 3.05) is 27.6 Å². The zero-order valence-electron chi connectivity index (χ0n) is 20.0. The van der Waals surface area contributed by atoms with E-state index in [2.05, 4.69) is 21.2 Å². The van der Waals surface area contributed by atoms with Crippen LogP contribution in [0, 0.1) is 0 Å². The van der Waals surface area contributed by atoms with Crippen LogP contribution in [0.2, 0.25) is 5.02 Å². The highest BCUT2D eigenvalue weighted by molar-refractivity contribution is 6.33. The van der Waals surface area contributed by atoms with E-state index < -0.39 is 23.9 Å². The van der Waals surface area contributed by atoms with Crippen molar-refractivity contribution in [1.29, 1.82) is 0 Å². The van der Waals surface area contributed by atoms with Gasteiger partial charge >= 0.3 is 12.0 Å². The van der Waals surface area contributed by atoms with Crippen LogP contribution in [0.4, 0.5) is 4.79 Å². The van der Waals surface area contributed by atoms with Crippen molar-refractivity contribution < 1.29 is 38.1 Å². The van der Waals surface area contributed by atoms with Gasteiger partial charge in [0.2, 0.25) is 6.79 Å². The molecule has 13 heteroatoms. The molecule has 2 aromatic rings. The van der Waals surface area contributed by atoms with Gasteiger partial charge in [0.15, 0.2) is 29.6 Å². The quantitative estimate of drug-likeness (QED) is 0.268. The highest BCUT2D eigenvalue weighted by Crippen LogP contribution is 2.36. The molecule has 2 aromatic carbocycles. The van der Waals surface area contributed by atoms with Gasteiger partial charge in [-0.15, -0.1) is 0 Å². The number of hydrazone groups is 1. The lowest BCUT2D eigenvalue weighted by molar-refractivity contribution is -0.136. The highest BCUT2D eigenvalue weighted by atomic mass is 35.5. The SMILES string of the molecule is COC(=O)C1=C(C)NC(=O)N[C@H]1c1ccc(OCC(=O)N/N=C\c2cc3c(cc2Cl)OCO3)c(OC)c1. The van der Waals surface area contributed by atoms with Gasteiger partial charge in [-0.25, -0.2) is 15.0 Å². The van der Waals surface area contributed by atoms with Crippen LogP contribution in [0.3, 0.4) is 0 Å². The molecular weight excluding hydrogens is 508 g/mol. The van der Waals surface area contributed by atoms with Crippen LogP contribution < -0.4 is 35.0 Å². The molecule has 37 heavy (non-hydrogen) atoms. The van der Waals surface area contributed by atoms with E-state index in [0.29, 0.717) is 33.3 Å². The first kappa shape index (κ1) is 25.6. The smallest absolute Gasteiger partial charge is 0.337 e. The van der Waals surface area contributed by atoms with Gasteiger partial charge in [-0.1, -0.05) is 17.7 Å². The molecule has 0 spiro atoms. The molecule has 3 amide bonds. The molecule has 194 valence electrons. The van der Waals surface area contributed by atoms with Crippen LogP contribution >= 0.6 is 11.6 Å². The van der Waals surface area contributed by atoms with E-state index in [1.807, 2.05) is 0 Å². The van der Waals surface area contributed by atoms with E-state index in [1.54, 1.807) is 37.3 Å². The normalized spacial score (nSPS) is 16.2. The van der Waals surface area contributed by atoms with Crippen LogP contribution in [0.5, 0.6) is 23.0 Å². The van der Waals surface area contributed by atoms with Crippen LogP contribution in [0.1, 0.15) is 24.1 Å². The Morgan fingerprint density at radius 1 is 1.19 bits per heavy atom. The van der Waals surface area contributed by atoms with Crippen molar-refractivity contribution in [1.82, 2.24) is 16.1 Å². The van der Waals surface area contributed by atoms with Crippen molar-refractivity contribution in [2.45, 2.75) is 13.0 Å². The van der Waals surface area contributed by atoms with Crippen molar-refractivity contribution in [3.05, 3.63) is 57.8 Å². The van der Waals surface area contributed by atoms with Crippen LogP contribution in [-0.4, -0.2) is 51.7 Å². The third-order valence-corrected chi connectivity index (χ3v) is 5.77. The van der Waals surface area contributed by atoms with Gasteiger partial charge in [0, 0.05) is 17.3 Å². The highest BCUT2D eigenvalue weighted by Gasteiger charge is 2.32. The summed E-state index contributed by atoms with van der Waals surface area (Å²) < 4.78 is 26.4. The maximum Gasteiger partial charge on any atom is 0.337 e. The summed E-state index contributed by atoms with van der Waals surface area (Å²) in [5.74, 6) is 0.504. The van der Waals surface area contributed by atoms with Crippen molar-refractivity contribution in [2.24, 2.45) is 5.10 Å². The first-order valence-electron chi connectivity index (χ1n) is 10.9. The number of nitrogens with one attached hydrogen (secondary N) is 3. The number of halogens is 1. The maximum atomic E-state index is 12.3. The standard InChI is InChI=1S/C24H23ClN4O8/c1-12-21(23(31)34-3)22(28-24(32)27-12)13-4-5-16(17(6-13)33-2)35-10-20(30)29-26-9-14-7-18-19(8-15(14)25)37-11-36-18/h4-9,22H,10-11H2,1-3H3,(H,29,30)(H2,27,28,32)/b26-9-/t22-/m0/s1. The van der Waals surface area contributed by atoms with E-state index in [-0.39, 0.29) is 30.5 Å². The van der Waals surface area contributed by atoms with Crippen molar-refractivity contribution in [3.63, 3.8) is 0 Å². The first-order valence-corrected chi connectivity index (χ1v) is 11.3. The number of benzene rings is 2. The number of carbonyl (C=O) groups is 3. The Labute approximate surface area is 216 Å². The molecule has 4 rings (SSSR count). The largest absolute Gasteiger partial charge is 0.493 e. The molecule has 2 aliphatic rings. The minimum atomic E-state index is -0.773. The summed E-state index contributed by atoms with van der Waals surface area (Å²) in [5.41, 5.74) is 4.06. The van der Waals surface area contributed by atoms with Crippen LogP contribution in [-0.2, 0) is 14.3 Å². The minimum absolute atomic E-state index is 0.111. The fourth-order valence-electron chi connectivity index (χ4n) is 3.69. The molecular formula is C24H23ClN4O8. The van der Waals surface area contributed by atoms with Gasteiger partial charge in [0.25, 0.3) is 5.91 Å². The van der Waals surface area contributed by atoms with Gasteiger partial charge < -0.3 is 34.3 Å². The Morgan fingerprint density at radius 2 is 1.95 bits per heavy atom. The number of nitrogens with zero attached hydrogens (tertiary/aromatic N) is 1. The summed E-state index contributed by atoms with van der Waals surface area (Å²) in [4.78, 5) is 36.6. The number of hydrogen-bond acceptors (Lipinski definition) is 9. The summed E-state index contributed by atoms with van der Waals surface area (Å²) in [5, 5.41) is 9.53. The van der Waals surface area contributed by atoms with E-state index in [4.69, 9.17) is 35.3 Å². The molecule has 0 saturated carbocycles. The van der Waals surface area contributed by atoms with Crippen LogP contribution in [0.25, 0.3) is 0 Å². The summed E-state index contributed by atoms with van der Waals surface area (Å²) >= 11 is 6.18. The molecule has 0 fully saturated rings. The van der Waals surface area contributed by atoms with Gasteiger partial charge in [0.05, 0.1) is 37.1 Å². The van der Waals surface area contributed by atoms with Gasteiger partial charge in [-0.3, -0.25) is 4.79 Å². The van der Waals surface area contributed by atoms with E-state index in [1.165, 1.54) is 20.4 Å². The third-order valence-electron chi connectivity index (χ3n) is 5.44. The number of fused-ring (bicyclic) bond motifs is 1. The summed E-state index contributed by atoms with van der Waals surface area (Å²) in [6, 6.07) is 6.82. The zero-order valence-corrected chi connectivity index (χ0v) is 20.8. The molecule has 2 aliphatic heterocycles. The minimum Gasteiger partial charge on any atom is -0.493 e. The first-order chi connectivity index (χ1) is 17.8. The average Bonchev–Trinajstić information content (AvgIpc) is 3.33. The number of urea groups is 1. The Balaban J connectivity index is 1.41. The fraction of sp³-hybridized carbons (Fsp3) is 0.250. The molecule has 0 radical (unpaired) electrons. The second kappa shape index (κ2) is 11.1. The van der Waals surface area contributed by atoms with Crippen LogP contribution in [0.15, 0.2) is 46.7 Å². The summed E-state index contributed by atoms with van der Waals surface area (Å²) in [7, 11) is 2.68. The molecule has 0 aliphatic carbocycles. The maximum absolute atomic E-state index is 12.3. The average molecular weight is 531 g/mol. The Bertz CT molecular complexity index is 1310. The number of allylic oxidation sites excluding steroid dienone is 1. The molecule has 0 unspecified atom stereocenters. The zero-order chi connectivity index (χ0) is 26.5. The molecule has 0 saturated heterocycles. The Hall–Kier alpha value is -4.45. The predicted molar refractivity (Wildman–Crippen MR) is 131 cm³/mol. The van der Waals surface area contributed by atoms with Crippen molar-refractivity contribution >= 4 is 35.7 Å². The fourth-order valence-corrected chi connectivity index (χ4v) is 3.89. The second-order valence-electron chi connectivity index (χ2n) is 7.78. The van der Waals surface area contributed by atoms with E-state index in [0.717, 1.165) is 0 Å². The number of methoxy groups -OCH3 is 2. The number of rotatable bonds is 8. The number of amides is 3. The molecule has 3 N–H and O–H groups in total. The number of esters is 1. The van der Waals surface area contributed by atoms with Gasteiger partial charge in [-0.05, 0) is 30.7 Å². The van der Waals surface area contributed by atoms with Gasteiger partial charge in [0.1, 0.15) is 0 Å². The molecule has 1 atom stereocenters. The molecule has 2 heterocycles. The predicted octanol–water partition coefficient (Wildman–Crippen LogP) is 2.41. The summed E-state index contributed by atoms with van der Waals surface area (Å²) in [6.07, 6.45) is 1.37. The van der Waals surface area contributed by atoms with E-state index >= 15 is 0 Å². The molecule has 0 bridgehead atoms. The third kappa shape index (κ3) is 5.70.